The number of rotatable bonds is 0. The zero-order valence-corrected chi connectivity index (χ0v) is 3.13. The third kappa shape index (κ3) is 0.466. The van der Waals surface area contributed by atoms with Crippen LogP contribution in [0.15, 0.2) is 18.8 Å². The molecule has 0 spiro atoms. The molecule has 0 aromatic carbocycles. The smallest absolute Gasteiger partial charge is 0.258 e. The molecule has 0 unspecified atom stereocenters. The second-order valence-corrected chi connectivity index (χ2v) is 0.885. The van der Waals surface area contributed by atoms with Crippen LogP contribution in [0.4, 0.5) is 0 Å². The summed E-state index contributed by atoms with van der Waals surface area (Å²) in [5, 5.41) is 1.66. The van der Waals surface area contributed by atoms with Crippen LogP contribution in [0.1, 0.15) is 0 Å². The lowest BCUT2D eigenvalue weighted by atomic mass is 10.9. The van der Waals surface area contributed by atoms with E-state index in [1.807, 2.05) is 0 Å². The maximum absolute atomic E-state index is 9.86. The van der Waals surface area contributed by atoms with Gasteiger partial charge in [-0.05, 0) is 0 Å². The van der Waals surface area contributed by atoms with Gasteiger partial charge in [0.2, 0.25) is 0 Å². The van der Waals surface area contributed by atoms with E-state index in [2.05, 4.69) is 9.26 Å². The molecule has 5 heteroatoms. The summed E-state index contributed by atoms with van der Waals surface area (Å²) < 4.78 is 7.39. The van der Waals surface area contributed by atoms with Gasteiger partial charge in [-0.15, -0.1) is 5.16 Å². The zero-order valence-electron chi connectivity index (χ0n) is 3.13. The fourth-order valence-electron chi connectivity index (χ4n) is 0.176. The molecule has 0 saturated carbocycles. The summed E-state index contributed by atoms with van der Waals surface area (Å²) in [6, 6.07) is 0. The van der Waals surface area contributed by atoms with Gasteiger partial charge in [-0.3, -0.25) is 4.79 Å². The van der Waals surface area contributed by atoms with E-state index >= 15 is 0 Å². The minimum Gasteiger partial charge on any atom is -0.258 e. The number of aromatic nitrogens is 1. The van der Waals surface area contributed by atoms with E-state index in [-0.39, 0.29) is 0 Å². The maximum atomic E-state index is 9.86. The van der Waals surface area contributed by atoms with E-state index in [4.69, 9.17) is 0 Å². The Morgan fingerprint density at radius 3 is 2.29 bits per heavy atom. The largest absolute Gasteiger partial charge is 0.448 e. The van der Waals surface area contributed by atoms with Gasteiger partial charge in [0, 0.05) is 0 Å². The van der Waals surface area contributed by atoms with Gasteiger partial charge in [0.05, 0.1) is 0 Å². The Labute approximate surface area is 36.4 Å². The quantitative estimate of drug-likeness (QED) is 0.334. The summed E-state index contributed by atoms with van der Waals surface area (Å²) in [6.45, 7) is 0. The molecule has 0 bridgehead atoms. The Morgan fingerprint density at radius 2 is 2.14 bits per heavy atom. The zero-order chi connectivity index (χ0) is 5.28. The van der Waals surface area contributed by atoms with Crippen molar-refractivity contribution in [2.45, 2.75) is 0 Å². The Morgan fingerprint density at radius 1 is 1.43 bits per heavy atom. The highest BCUT2D eigenvalue weighted by molar-refractivity contribution is 4.58. The van der Waals surface area contributed by atoms with Crippen LogP contribution in [0.2, 0.25) is 0 Å². The Kier molecular flexibility index (Phi) is 0.619. The Balaban J connectivity index is 3.71. The van der Waals surface area contributed by atoms with E-state index in [9.17, 15) is 9.59 Å². The van der Waals surface area contributed by atoms with Crippen molar-refractivity contribution in [3.63, 3.8) is 0 Å². The van der Waals surface area contributed by atoms with Gasteiger partial charge in [-0.25, -0.2) is 9.37 Å². The topological polar surface area (TPSA) is 76.2 Å². The average Bonchev–Trinajstić information content (AvgIpc) is 1.91. The van der Waals surface area contributed by atoms with Crippen LogP contribution in [-0.2, 0) is 0 Å². The number of hydrogen-bond donors (Lipinski definition) is 1. The summed E-state index contributed by atoms with van der Waals surface area (Å²) in [4.78, 5) is 19.7. The molecule has 38 valence electrons. The van der Waals surface area contributed by atoms with Crippen LogP contribution >= 0.6 is 0 Å². The first-order valence-electron chi connectivity index (χ1n) is 1.48. The first-order valence-corrected chi connectivity index (χ1v) is 1.48. The lowest BCUT2D eigenvalue weighted by molar-refractivity contribution is -0.00184. The SMILES string of the molecule is O=c1[nH]ooc1=O. The van der Waals surface area contributed by atoms with Crippen LogP contribution in [-0.4, -0.2) is 5.16 Å². The second-order valence-electron chi connectivity index (χ2n) is 0.885. The highest BCUT2D eigenvalue weighted by Gasteiger charge is 1.92. The minimum absolute atomic E-state index is 0.875. The van der Waals surface area contributed by atoms with E-state index in [0.717, 1.165) is 0 Å². The third-order valence-corrected chi connectivity index (χ3v) is 0.437. The van der Waals surface area contributed by atoms with Crippen LogP contribution in [0.3, 0.4) is 0 Å². The first-order chi connectivity index (χ1) is 3.30. The number of nitrogens with one attached hydrogen (secondary N) is 1. The molecule has 7 heavy (non-hydrogen) atoms. The van der Waals surface area contributed by atoms with Crippen LogP contribution in [0.5, 0.6) is 0 Å². The van der Waals surface area contributed by atoms with Crippen molar-refractivity contribution < 1.29 is 9.26 Å². The maximum Gasteiger partial charge on any atom is 0.448 e. The molecular formula is C2HNO4. The molecule has 1 heterocycles. The molecule has 1 rings (SSSR count). The molecule has 0 radical (unpaired) electrons. The van der Waals surface area contributed by atoms with E-state index in [1.165, 1.54) is 0 Å². The van der Waals surface area contributed by atoms with Crippen molar-refractivity contribution in [2.24, 2.45) is 0 Å². The minimum atomic E-state index is -1.01. The van der Waals surface area contributed by atoms with Crippen molar-refractivity contribution in [2.75, 3.05) is 0 Å². The standard InChI is InChI=1S/C2HNO4/c4-1-2(5)6-7-3-1/h(H,3,4). The van der Waals surface area contributed by atoms with Crippen molar-refractivity contribution in [3.05, 3.63) is 20.8 Å². The Hall–Kier alpha value is -1.26. The fourth-order valence-corrected chi connectivity index (χ4v) is 0.176. The molecule has 0 aliphatic heterocycles. The van der Waals surface area contributed by atoms with Gasteiger partial charge in [0.25, 0.3) is 0 Å². The highest BCUT2D eigenvalue weighted by Crippen LogP contribution is 1.52. The van der Waals surface area contributed by atoms with Gasteiger partial charge >= 0.3 is 11.2 Å². The summed E-state index contributed by atoms with van der Waals surface area (Å²) in [7, 11) is 0. The molecule has 0 saturated heterocycles. The van der Waals surface area contributed by atoms with Crippen molar-refractivity contribution in [1.29, 1.82) is 0 Å². The van der Waals surface area contributed by atoms with E-state index < -0.39 is 11.2 Å². The third-order valence-electron chi connectivity index (χ3n) is 0.437. The number of aromatic amines is 1. The summed E-state index contributed by atoms with van der Waals surface area (Å²) >= 11 is 0. The van der Waals surface area contributed by atoms with Crippen molar-refractivity contribution >= 4 is 0 Å². The fraction of sp³-hybridized carbons (Fsp3) is 0. The van der Waals surface area contributed by atoms with Crippen molar-refractivity contribution in [3.8, 4) is 0 Å². The Bertz CT molecular complexity index is 214. The molecule has 1 aromatic rings. The first kappa shape index (κ1) is 3.91. The molecule has 0 fully saturated rings. The summed E-state index contributed by atoms with van der Waals surface area (Å²) in [5.74, 6) is 0. The molecule has 0 atom stereocenters. The monoisotopic (exact) mass is 103 g/mol. The molecule has 0 amide bonds. The van der Waals surface area contributed by atoms with Crippen LogP contribution in [0.25, 0.3) is 0 Å². The predicted octanol–water partition coefficient (Wildman–Crippen LogP) is -1.08. The van der Waals surface area contributed by atoms with Gasteiger partial charge < -0.3 is 0 Å². The normalized spacial score (nSPS) is 9.14. The molecule has 1 aromatic heterocycles. The van der Waals surface area contributed by atoms with E-state index in [1.54, 1.807) is 5.16 Å². The number of hydrogen-bond acceptors (Lipinski definition) is 4. The summed E-state index contributed by atoms with van der Waals surface area (Å²) in [5.41, 5.74) is -1.89. The van der Waals surface area contributed by atoms with E-state index in [0.29, 0.717) is 0 Å². The van der Waals surface area contributed by atoms with Crippen LogP contribution in [0, 0.1) is 0 Å². The average molecular weight is 103 g/mol. The molecule has 5 nitrogen and oxygen atoms in total. The van der Waals surface area contributed by atoms with Gasteiger partial charge in [-0.1, -0.05) is 0 Å². The molecule has 0 aliphatic rings. The van der Waals surface area contributed by atoms with Gasteiger partial charge in [0.15, 0.2) is 0 Å². The summed E-state index contributed by atoms with van der Waals surface area (Å²) in [6.07, 6.45) is 0. The van der Waals surface area contributed by atoms with Gasteiger partial charge in [0.1, 0.15) is 0 Å². The predicted molar refractivity (Wildman–Crippen MR) is 17.9 cm³/mol. The lowest BCUT2D eigenvalue weighted by Crippen LogP contribution is -2.17. The van der Waals surface area contributed by atoms with Crippen LogP contribution < -0.4 is 11.2 Å². The lowest BCUT2D eigenvalue weighted by Gasteiger charge is -1.49. The second kappa shape index (κ2) is 1.11. The molecule has 0 aliphatic carbocycles. The number of H-pyrrole nitrogens is 1. The molecule has 1 N–H and O–H groups in total. The van der Waals surface area contributed by atoms with Crippen molar-refractivity contribution in [1.82, 2.24) is 5.16 Å². The highest BCUT2D eigenvalue weighted by atomic mass is 17.0. The molecular weight excluding hydrogens is 102 g/mol. The van der Waals surface area contributed by atoms with Gasteiger partial charge in [-0.2, -0.15) is 4.68 Å².